The van der Waals surface area contributed by atoms with Crippen molar-refractivity contribution >= 4 is 57.8 Å². The van der Waals surface area contributed by atoms with E-state index in [0.717, 1.165) is 0 Å². The van der Waals surface area contributed by atoms with Crippen LogP contribution in [0.15, 0.2) is 70.6 Å². The molecule has 1 aliphatic rings. The first kappa shape index (κ1) is 28.0. The first-order valence-corrected chi connectivity index (χ1v) is 13.0. The Morgan fingerprint density at radius 1 is 1.10 bits per heavy atom. The van der Waals surface area contributed by atoms with Crippen LogP contribution in [-0.2, 0) is 9.59 Å². The number of nitrogens with zero attached hydrogens (tertiary/aromatic N) is 2. The van der Waals surface area contributed by atoms with E-state index in [4.69, 9.17) is 25.8 Å². The molecule has 11 heteroatoms. The normalized spacial score (nSPS) is 15.1. The second-order valence-corrected chi connectivity index (χ2v) is 9.55. The van der Waals surface area contributed by atoms with Gasteiger partial charge in [-0.25, -0.2) is 9.38 Å². The van der Waals surface area contributed by atoms with Crippen LogP contribution in [0.5, 0.6) is 17.2 Å². The van der Waals surface area contributed by atoms with Crippen molar-refractivity contribution < 1.29 is 28.2 Å². The highest BCUT2D eigenvalue weighted by Gasteiger charge is 2.32. The highest BCUT2D eigenvalue weighted by atomic mass is 35.5. The average Bonchev–Trinajstić information content (AvgIpc) is 3.22. The number of hydrogen-bond donors (Lipinski definition) is 1. The van der Waals surface area contributed by atoms with Crippen LogP contribution in [0.1, 0.15) is 12.5 Å². The van der Waals surface area contributed by atoms with Crippen molar-refractivity contribution in [1.82, 2.24) is 4.90 Å². The molecule has 4 rings (SSSR count). The summed E-state index contributed by atoms with van der Waals surface area (Å²) in [5.41, 5.74) is 1.73. The predicted molar refractivity (Wildman–Crippen MR) is 152 cm³/mol. The van der Waals surface area contributed by atoms with E-state index in [9.17, 15) is 14.0 Å². The lowest BCUT2D eigenvalue weighted by Gasteiger charge is -2.13. The molecule has 0 atom stereocenters. The minimum Gasteiger partial charge on any atom is -0.497 e. The first-order chi connectivity index (χ1) is 18.8. The van der Waals surface area contributed by atoms with Gasteiger partial charge >= 0.3 is 0 Å². The van der Waals surface area contributed by atoms with E-state index in [2.05, 4.69) is 10.3 Å². The molecule has 0 saturated carbocycles. The number of hydrogen-bond acceptors (Lipinski definition) is 7. The molecule has 2 amide bonds. The number of halogens is 2. The third-order valence-electron chi connectivity index (χ3n) is 5.53. The SMILES string of the molecule is CCN1C(=O)/C(=C\c2cc(Cl)c(OCC(=O)Nc3ccc(F)cc3)c(OC)c2)SC1=Nc1ccc(OC)cc1. The molecule has 0 bridgehead atoms. The molecular formula is C28H25ClFN3O5S. The topological polar surface area (TPSA) is 89.5 Å². The maximum absolute atomic E-state index is 13.1. The molecule has 0 radical (unpaired) electrons. The highest BCUT2D eigenvalue weighted by molar-refractivity contribution is 8.18. The van der Waals surface area contributed by atoms with Gasteiger partial charge in [0.05, 0.1) is 29.8 Å². The number of anilines is 1. The number of thioether (sulfide) groups is 1. The zero-order valence-electron chi connectivity index (χ0n) is 21.4. The summed E-state index contributed by atoms with van der Waals surface area (Å²) in [6, 6.07) is 15.9. The van der Waals surface area contributed by atoms with Crippen molar-refractivity contribution in [2.24, 2.45) is 4.99 Å². The molecule has 0 unspecified atom stereocenters. The lowest BCUT2D eigenvalue weighted by atomic mass is 10.1. The quantitative estimate of drug-likeness (QED) is 0.311. The van der Waals surface area contributed by atoms with Crippen molar-refractivity contribution in [3.63, 3.8) is 0 Å². The fourth-order valence-corrected chi connectivity index (χ4v) is 4.96. The van der Waals surface area contributed by atoms with Crippen LogP contribution < -0.4 is 19.5 Å². The third-order valence-corrected chi connectivity index (χ3v) is 6.81. The molecule has 0 aliphatic carbocycles. The Balaban J connectivity index is 1.50. The van der Waals surface area contributed by atoms with Gasteiger partial charge in [0.15, 0.2) is 23.3 Å². The molecular weight excluding hydrogens is 545 g/mol. The Hall–Kier alpha value is -4.02. The van der Waals surface area contributed by atoms with Gasteiger partial charge in [0.25, 0.3) is 11.8 Å². The summed E-state index contributed by atoms with van der Waals surface area (Å²) in [5, 5.41) is 3.37. The van der Waals surface area contributed by atoms with Crippen molar-refractivity contribution in [2.75, 3.05) is 32.7 Å². The average molecular weight is 570 g/mol. The molecule has 39 heavy (non-hydrogen) atoms. The molecule has 1 fully saturated rings. The molecule has 8 nitrogen and oxygen atoms in total. The summed E-state index contributed by atoms with van der Waals surface area (Å²) in [7, 11) is 3.04. The molecule has 1 saturated heterocycles. The van der Waals surface area contributed by atoms with Crippen LogP contribution in [-0.4, -0.2) is 49.3 Å². The van der Waals surface area contributed by atoms with E-state index < -0.39 is 11.7 Å². The number of benzene rings is 3. The summed E-state index contributed by atoms with van der Waals surface area (Å²) < 4.78 is 29.3. The van der Waals surface area contributed by atoms with Crippen LogP contribution >= 0.6 is 23.4 Å². The molecule has 3 aromatic rings. The summed E-state index contributed by atoms with van der Waals surface area (Å²) in [4.78, 5) is 32.0. The number of aliphatic imine (C=N–C) groups is 1. The van der Waals surface area contributed by atoms with E-state index in [0.29, 0.717) is 45.1 Å². The van der Waals surface area contributed by atoms with E-state index in [-0.39, 0.29) is 23.3 Å². The second-order valence-electron chi connectivity index (χ2n) is 8.13. The zero-order valence-corrected chi connectivity index (χ0v) is 22.9. The van der Waals surface area contributed by atoms with Crippen molar-refractivity contribution in [2.45, 2.75) is 6.92 Å². The number of methoxy groups -OCH3 is 2. The number of carbonyl (C=O) groups excluding carboxylic acids is 2. The van der Waals surface area contributed by atoms with Crippen molar-refractivity contribution in [1.29, 1.82) is 0 Å². The molecule has 0 spiro atoms. The second kappa shape index (κ2) is 12.7. The van der Waals surface area contributed by atoms with E-state index in [1.54, 1.807) is 42.4 Å². The largest absolute Gasteiger partial charge is 0.497 e. The fourth-order valence-electron chi connectivity index (χ4n) is 3.62. The van der Waals surface area contributed by atoms with Crippen LogP contribution in [0.4, 0.5) is 15.8 Å². The Kier molecular flexibility index (Phi) is 9.11. The molecule has 0 aromatic heterocycles. The zero-order chi connectivity index (χ0) is 27.9. The maximum atomic E-state index is 13.1. The summed E-state index contributed by atoms with van der Waals surface area (Å²) in [5.74, 6) is 0.145. The predicted octanol–water partition coefficient (Wildman–Crippen LogP) is 6.14. The van der Waals surface area contributed by atoms with E-state index in [1.165, 1.54) is 43.1 Å². The Morgan fingerprint density at radius 2 is 1.82 bits per heavy atom. The van der Waals surface area contributed by atoms with Gasteiger partial charge in [0.2, 0.25) is 0 Å². The summed E-state index contributed by atoms with van der Waals surface area (Å²) in [6.45, 7) is 1.98. The van der Waals surface area contributed by atoms with Gasteiger partial charge < -0.3 is 19.5 Å². The van der Waals surface area contributed by atoms with Crippen LogP contribution in [0.3, 0.4) is 0 Å². The Morgan fingerprint density at radius 3 is 2.46 bits per heavy atom. The summed E-state index contributed by atoms with van der Waals surface area (Å²) in [6.07, 6.45) is 1.70. The smallest absolute Gasteiger partial charge is 0.266 e. The first-order valence-electron chi connectivity index (χ1n) is 11.8. The summed E-state index contributed by atoms with van der Waals surface area (Å²) >= 11 is 7.72. The molecule has 1 N–H and O–H groups in total. The van der Waals surface area contributed by atoms with E-state index in [1.807, 2.05) is 19.1 Å². The minimum absolute atomic E-state index is 0.178. The third kappa shape index (κ3) is 6.90. The number of amides is 2. The monoisotopic (exact) mass is 569 g/mol. The number of ether oxygens (including phenoxy) is 3. The fraction of sp³-hybridized carbons (Fsp3) is 0.179. The lowest BCUT2D eigenvalue weighted by molar-refractivity contribution is -0.122. The van der Waals surface area contributed by atoms with Crippen LogP contribution in [0, 0.1) is 5.82 Å². The van der Waals surface area contributed by atoms with E-state index >= 15 is 0 Å². The minimum atomic E-state index is -0.456. The van der Waals surface area contributed by atoms with Gasteiger partial charge in [-0.05, 0) is 91.0 Å². The van der Waals surface area contributed by atoms with Crippen LogP contribution in [0.25, 0.3) is 6.08 Å². The van der Waals surface area contributed by atoms with Gasteiger partial charge in [-0.3, -0.25) is 14.5 Å². The number of likely N-dealkylation sites (N-methyl/N-ethyl adjacent to an activating group) is 1. The molecule has 1 heterocycles. The number of amidine groups is 1. The Bertz CT molecular complexity index is 1430. The number of rotatable bonds is 9. The van der Waals surface area contributed by atoms with Gasteiger partial charge in [0, 0.05) is 12.2 Å². The van der Waals surface area contributed by atoms with Gasteiger partial charge in [-0.1, -0.05) is 11.6 Å². The lowest BCUT2D eigenvalue weighted by Crippen LogP contribution is -2.28. The maximum Gasteiger partial charge on any atom is 0.266 e. The molecule has 202 valence electrons. The Labute approximate surface area is 234 Å². The van der Waals surface area contributed by atoms with Crippen LogP contribution in [0.2, 0.25) is 5.02 Å². The molecule has 3 aromatic carbocycles. The van der Waals surface area contributed by atoms with Crippen molar-refractivity contribution in [3.8, 4) is 17.2 Å². The standard InChI is InChI=1S/C28H25ClFN3O5S/c1-4-33-27(35)24(39-28(33)32-20-9-11-21(36-2)12-10-20)15-17-13-22(29)26(23(14-17)37-3)38-16-25(34)31-19-7-5-18(30)6-8-19/h5-15H,4,16H2,1-3H3,(H,31,34)/b24-15+,32-28?. The van der Waals surface area contributed by atoms with Gasteiger partial charge in [-0.15, -0.1) is 0 Å². The van der Waals surface area contributed by atoms with Crippen molar-refractivity contribution in [3.05, 3.63) is 82.0 Å². The van der Waals surface area contributed by atoms with Gasteiger partial charge in [0.1, 0.15) is 11.6 Å². The number of nitrogens with one attached hydrogen (secondary N) is 1. The van der Waals surface area contributed by atoms with Gasteiger partial charge in [-0.2, -0.15) is 0 Å². The molecule has 1 aliphatic heterocycles. The number of carbonyl (C=O) groups is 2. The highest BCUT2D eigenvalue weighted by Crippen LogP contribution is 2.39.